The maximum absolute atomic E-state index is 11.7. The summed E-state index contributed by atoms with van der Waals surface area (Å²) in [5.41, 5.74) is 2.45. The van der Waals surface area contributed by atoms with Gasteiger partial charge in [0.25, 0.3) is 0 Å². The van der Waals surface area contributed by atoms with Gasteiger partial charge in [-0.15, -0.1) is 0 Å². The zero-order valence-electron chi connectivity index (χ0n) is 12.7. The molecule has 0 bridgehead atoms. The number of carbonyl (C=O) groups is 1. The molecule has 0 radical (unpaired) electrons. The molecule has 0 saturated carbocycles. The molecule has 1 aromatic rings. The number of benzene rings is 1. The fourth-order valence-corrected chi connectivity index (χ4v) is 1.82. The van der Waals surface area contributed by atoms with Gasteiger partial charge in [0, 0.05) is 6.04 Å². The zero-order valence-corrected chi connectivity index (χ0v) is 12.7. The van der Waals surface area contributed by atoms with Crippen LogP contribution >= 0.6 is 0 Å². The van der Waals surface area contributed by atoms with Crippen molar-refractivity contribution in [2.75, 3.05) is 0 Å². The Morgan fingerprint density at radius 1 is 1.00 bits per heavy atom. The maximum Gasteiger partial charge on any atom is 0.315 e. The number of urea groups is 1. The largest absolute Gasteiger partial charge is 0.336 e. The Morgan fingerprint density at radius 3 is 2.00 bits per heavy atom. The lowest BCUT2D eigenvalue weighted by Crippen LogP contribution is -2.41. The number of hydrogen-bond donors (Lipinski definition) is 2. The van der Waals surface area contributed by atoms with Gasteiger partial charge in [-0.2, -0.15) is 0 Å². The first kappa shape index (κ1) is 15.5. The van der Waals surface area contributed by atoms with E-state index in [1.165, 1.54) is 5.56 Å². The summed E-state index contributed by atoms with van der Waals surface area (Å²) in [7, 11) is 0. The summed E-state index contributed by atoms with van der Waals surface area (Å²) in [4.78, 5) is 11.7. The van der Waals surface area contributed by atoms with Crippen LogP contribution < -0.4 is 10.6 Å². The molecule has 106 valence electrons. The molecule has 2 N–H and O–H groups in total. The van der Waals surface area contributed by atoms with E-state index < -0.39 is 0 Å². The molecule has 0 aromatic heterocycles. The van der Waals surface area contributed by atoms with Gasteiger partial charge in [0.1, 0.15) is 0 Å². The molecule has 0 saturated heterocycles. The zero-order chi connectivity index (χ0) is 14.4. The summed E-state index contributed by atoms with van der Waals surface area (Å²) >= 11 is 0. The van der Waals surface area contributed by atoms with Gasteiger partial charge >= 0.3 is 6.03 Å². The maximum atomic E-state index is 11.7. The molecule has 1 aromatic carbocycles. The van der Waals surface area contributed by atoms with Gasteiger partial charge in [0.15, 0.2) is 0 Å². The molecular formula is C16H26N2O. The van der Waals surface area contributed by atoms with Gasteiger partial charge in [0.2, 0.25) is 0 Å². The first-order valence-corrected chi connectivity index (χ1v) is 7.10. The van der Waals surface area contributed by atoms with E-state index in [2.05, 4.69) is 55.7 Å². The predicted molar refractivity (Wildman–Crippen MR) is 80.4 cm³/mol. The molecule has 0 spiro atoms. The molecule has 2 amide bonds. The Kier molecular flexibility index (Phi) is 5.87. The normalized spacial score (nSPS) is 14.0. The van der Waals surface area contributed by atoms with E-state index in [0.29, 0.717) is 5.92 Å². The summed E-state index contributed by atoms with van der Waals surface area (Å²) in [5, 5.41) is 5.87. The van der Waals surface area contributed by atoms with Crippen LogP contribution in [0.4, 0.5) is 4.79 Å². The molecule has 19 heavy (non-hydrogen) atoms. The van der Waals surface area contributed by atoms with Gasteiger partial charge in [0.05, 0.1) is 6.04 Å². The molecule has 0 fully saturated rings. The van der Waals surface area contributed by atoms with Crippen LogP contribution in [0.3, 0.4) is 0 Å². The fraction of sp³-hybridized carbons (Fsp3) is 0.562. The number of rotatable bonds is 5. The summed E-state index contributed by atoms with van der Waals surface area (Å²) in [6.45, 7) is 10.4. The first-order valence-electron chi connectivity index (χ1n) is 7.10. The number of hydrogen-bond acceptors (Lipinski definition) is 1. The number of nitrogens with one attached hydrogen (secondary N) is 2. The summed E-state index contributed by atoms with van der Waals surface area (Å²) < 4.78 is 0. The molecule has 0 aliphatic carbocycles. The third kappa shape index (κ3) is 4.93. The highest BCUT2D eigenvalue weighted by atomic mass is 16.2. The SMILES string of the molecule is CCC(C)NC(=O)NC(C)c1ccc(C(C)C)cc1. The minimum absolute atomic E-state index is 0.0188. The summed E-state index contributed by atoms with van der Waals surface area (Å²) in [6.07, 6.45) is 0.935. The van der Waals surface area contributed by atoms with Crippen molar-refractivity contribution in [1.29, 1.82) is 0 Å². The second-order valence-corrected chi connectivity index (χ2v) is 5.47. The third-order valence-electron chi connectivity index (χ3n) is 3.44. The molecule has 2 unspecified atom stereocenters. The number of carbonyl (C=O) groups excluding carboxylic acids is 1. The lowest BCUT2D eigenvalue weighted by Gasteiger charge is -2.18. The highest BCUT2D eigenvalue weighted by Gasteiger charge is 2.11. The van der Waals surface area contributed by atoms with Gasteiger partial charge in [-0.3, -0.25) is 0 Å². The standard InChI is InChI=1S/C16H26N2O/c1-6-12(4)17-16(19)18-13(5)15-9-7-14(8-10-15)11(2)3/h7-13H,6H2,1-5H3,(H2,17,18,19). The molecular weight excluding hydrogens is 236 g/mol. The van der Waals surface area contributed by atoms with Crippen molar-refractivity contribution in [3.63, 3.8) is 0 Å². The van der Waals surface area contributed by atoms with Gasteiger partial charge in [-0.05, 0) is 37.3 Å². The Labute approximate surface area is 116 Å². The van der Waals surface area contributed by atoms with E-state index in [1.807, 2.05) is 13.8 Å². The quantitative estimate of drug-likeness (QED) is 0.828. The van der Waals surface area contributed by atoms with Crippen LogP contribution in [0, 0.1) is 0 Å². The molecule has 3 heteroatoms. The molecule has 1 rings (SSSR count). The summed E-state index contributed by atoms with van der Waals surface area (Å²) in [6, 6.07) is 8.55. The topological polar surface area (TPSA) is 41.1 Å². The van der Waals surface area contributed by atoms with Crippen LogP contribution in [-0.2, 0) is 0 Å². The monoisotopic (exact) mass is 262 g/mol. The van der Waals surface area contributed by atoms with Crippen LogP contribution in [0.15, 0.2) is 24.3 Å². The first-order chi connectivity index (χ1) is 8.93. The Hall–Kier alpha value is -1.51. The molecule has 3 nitrogen and oxygen atoms in total. The van der Waals surface area contributed by atoms with E-state index in [1.54, 1.807) is 0 Å². The molecule has 0 aliphatic rings. The Balaban J connectivity index is 2.57. The highest BCUT2D eigenvalue weighted by Crippen LogP contribution is 2.18. The Bertz CT molecular complexity index is 398. The Morgan fingerprint density at radius 2 is 1.53 bits per heavy atom. The third-order valence-corrected chi connectivity index (χ3v) is 3.44. The molecule has 0 heterocycles. The predicted octanol–water partition coefficient (Wildman–Crippen LogP) is 3.97. The van der Waals surface area contributed by atoms with E-state index in [0.717, 1.165) is 12.0 Å². The summed E-state index contributed by atoms with van der Waals surface area (Å²) in [5.74, 6) is 0.533. The van der Waals surface area contributed by atoms with Crippen LogP contribution in [0.5, 0.6) is 0 Å². The highest BCUT2D eigenvalue weighted by molar-refractivity contribution is 5.74. The van der Waals surface area contributed by atoms with Gasteiger partial charge in [-0.25, -0.2) is 4.79 Å². The average molecular weight is 262 g/mol. The van der Waals surface area contributed by atoms with E-state index in [4.69, 9.17) is 0 Å². The van der Waals surface area contributed by atoms with Crippen LogP contribution in [0.2, 0.25) is 0 Å². The van der Waals surface area contributed by atoms with Crippen LogP contribution in [-0.4, -0.2) is 12.1 Å². The van der Waals surface area contributed by atoms with Crippen LogP contribution in [0.25, 0.3) is 0 Å². The van der Waals surface area contributed by atoms with Crippen molar-refractivity contribution in [1.82, 2.24) is 10.6 Å². The van der Waals surface area contributed by atoms with E-state index in [9.17, 15) is 4.79 Å². The minimum Gasteiger partial charge on any atom is -0.336 e. The van der Waals surface area contributed by atoms with Crippen molar-refractivity contribution in [3.8, 4) is 0 Å². The molecule has 0 aliphatic heterocycles. The van der Waals surface area contributed by atoms with Gasteiger partial charge < -0.3 is 10.6 Å². The van der Waals surface area contributed by atoms with Crippen molar-refractivity contribution in [2.24, 2.45) is 0 Å². The second-order valence-electron chi connectivity index (χ2n) is 5.47. The van der Waals surface area contributed by atoms with Crippen molar-refractivity contribution in [2.45, 2.75) is 59.0 Å². The van der Waals surface area contributed by atoms with E-state index in [-0.39, 0.29) is 18.1 Å². The fourth-order valence-electron chi connectivity index (χ4n) is 1.82. The lowest BCUT2D eigenvalue weighted by molar-refractivity contribution is 0.234. The molecule has 2 atom stereocenters. The van der Waals surface area contributed by atoms with Crippen molar-refractivity contribution in [3.05, 3.63) is 35.4 Å². The average Bonchev–Trinajstić information content (AvgIpc) is 2.38. The van der Waals surface area contributed by atoms with Crippen molar-refractivity contribution >= 4 is 6.03 Å². The minimum atomic E-state index is -0.102. The van der Waals surface area contributed by atoms with Crippen molar-refractivity contribution < 1.29 is 4.79 Å². The number of amides is 2. The second kappa shape index (κ2) is 7.17. The van der Waals surface area contributed by atoms with Gasteiger partial charge in [-0.1, -0.05) is 45.0 Å². The van der Waals surface area contributed by atoms with Crippen LogP contribution in [0.1, 0.15) is 64.1 Å². The lowest BCUT2D eigenvalue weighted by atomic mass is 10.00. The smallest absolute Gasteiger partial charge is 0.315 e. The van der Waals surface area contributed by atoms with E-state index >= 15 is 0 Å².